The van der Waals surface area contributed by atoms with Crippen molar-refractivity contribution in [3.63, 3.8) is 0 Å². The lowest BCUT2D eigenvalue weighted by Gasteiger charge is -2.11. The molecule has 1 heterocycles. The zero-order chi connectivity index (χ0) is 12.8. The van der Waals surface area contributed by atoms with Gasteiger partial charge < -0.3 is 16.2 Å². The molecule has 0 aliphatic heterocycles. The minimum Gasteiger partial charge on any atom is -0.387 e. The minimum absolute atomic E-state index is 0.267. The molecule has 0 saturated heterocycles. The van der Waals surface area contributed by atoms with Crippen molar-refractivity contribution in [1.29, 1.82) is 0 Å². The Balaban J connectivity index is 1.80. The molecule has 1 aromatic carbocycles. The molecule has 0 saturated carbocycles. The highest BCUT2D eigenvalue weighted by molar-refractivity contribution is 5.18. The first kappa shape index (κ1) is 12.5. The van der Waals surface area contributed by atoms with E-state index < -0.39 is 6.10 Å². The summed E-state index contributed by atoms with van der Waals surface area (Å²) in [6.45, 7) is 1.08. The number of nitrogens with zero attached hydrogens (tertiary/aromatic N) is 2. The van der Waals surface area contributed by atoms with Crippen LogP contribution in [0.2, 0.25) is 0 Å². The molecule has 0 radical (unpaired) electrons. The van der Waals surface area contributed by atoms with Gasteiger partial charge in [-0.1, -0.05) is 30.3 Å². The van der Waals surface area contributed by atoms with E-state index in [0.717, 1.165) is 11.1 Å². The van der Waals surface area contributed by atoms with Crippen molar-refractivity contribution in [3.8, 4) is 0 Å². The molecule has 18 heavy (non-hydrogen) atoms. The molecule has 5 nitrogen and oxygen atoms in total. The first-order valence-electron chi connectivity index (χ1n) is 5.76. The lowest BCUT2D eigenvalue weighted by Crippen LogP contribution is -2.21. The third-order valence-electron chi connectivity index (χ3n) is 2.58. The summed E-state index contributed by atoms with van der Waals surface area (Å²) >= 11 is 0. The molecule has 1 atom stereocenters. The average Bonchev–Trinajstić information content (AvgIpc) is 2.42. The highest BCUT2D eigenvalue weighted by Gasteiger charge is 2.05. The SMILES string of the molecule is Nc1ncc(CNCC(O)c2ccccc2)cn1. The van der Waals surface area contributed by atoms with Gasteiger partial charge in [0.15, 0.2) is 0 Å². The fraction of sp³-hybridized carbons (Fsp3) is 0.231. The predicted octanol–water partition coefficient (Wildman–Crippen LogP) is 0.882. The highest BCUT2D eigenvalue weighted by Crippen LogP contribution is 2.10. The maximum atomic E-state index is 9.93. The van der Waals surface area contributed by atoms with Crippen molar-refractivity contribution in [2.24, 2.45) is 0 Å². The first-order chi connectivity index (χ1) is 8.75. The number of aromatic nitrogens is 2. The minimum atomic E-state index is -0.513. The van der Waals surface area contributed by atoms with Gasteiger partial charge in [-0.05, 0) is 5.56 Å². The quantitative estimate of drug-likeness (QED) is 0.727. The van der Waals surface area contributed by atoms with E-state index in [4.69, 9.17) is 5.73 Å². The molecular formula is C13H16N4O. The first-order valence-corrected chi connectivity index (χ1v) is 5.76. The van der Waals surface area contributed by atoms with Gasteiger partial charge in [0.05, 0.1) is 6.10 Å². The van der Waals surface area contributed by atoms with Gasteiger partial charge in [0.25, 0.3) is 0 Å². The van der Waals surface area contributed by atoms with Gasteiger partial charge in [-0.15, -0.1) is 0 Å². The average molecular weight is 244 g/mol. The van der Waals surface area contributed by atoms with Gasteiger partial charge in [-0.2, -0.15) is 0 Å². The number of aliphatic hydroxyl groups is 1. The molecule has 2 aromatic rings. The van der Waals surface area contributed by atoms with Crippen LogP contribution in [-0.2, 0) is 6.54 Å². The lowest BCUT2D eigenvalue weighted by atomic mass is 10.1. The summed E-state index contributed by atoms with van der Waals surface area (Å²) in [5.74, 6) is 0.267. The van der Waals surface area contributed by atoms with E-state index in [1.807, 2.05) is 30.3 Å². The Labute approximate surface area is 106 Å². The molecule has 0 aliphatic rings. The van der Waals surface area contributed by atoms with Crippen molar-refractivity contribution in [1.82, 2.24) is 15.3 Å². The van der Waals surface area contributed by atoms with Crippen molar-refractivity contribution in [2.45, 2.75) is 12.6 Å². The number of nitrogen functional groups attached to an aromatic ring is 1. The van der Waals surface area contributed by atoms with E-state index in [1.165, 1.54) is 0 Å². The molecule has 1 unspecified atom stereocenters. The van der Waals surface area contributed by atoms with Crippen LogP contribution in [0.1, 0.15) is 17.2 Å². The van der Waals surface area contributed by atoms with E-state index in [2.05, 4.69) is 15.3 Å². The van der Waals surface area contributed by atoms with E-state index in [-0.39, 0.29) is 5.95 Å². The summed E-state index contributed by atoms with van der Waals surface area (Å²) < 4.78 is 0. The molecule has 1 aromatic heterocycles. The van der Waals surface area contributed by atoms with E-state index in [1.54, 1.807) is 12.4 Å². The predicted molar refractivity (Wildman–Crippen MR) is 69.6 cm³/mol. The number of hydrogen-bond acceptors (Lipinski definition) is 5. The number of rotatable bonds is 5. The largest absolute Gasteiger partial charge is 0.387 e. The maximum absolute atomic E-state index is 9.93. The second-order valence-corrected chi connectivity index (χ2v) is 4.01. The number of hydrogen-bond donors (Lipinski definition) is 3. The van der Waals surface area contributed by atoms with Gasteiger partial charge >= 0.3 is 0 Å². The molecule has 0 aliphatic carbocycles. The Hall–Kier alpha value is -1.98. The van der Waals surface area contributed by atoms with Gasteiger partial charge in [0.1, 0.15) is 0 Å². The highest BCUT2D eigenvalue weighted by atomic mass is 16.3. The smallest absolute Gasteiger partial charge is 0.219 e. The Bertz CT molecular complexity index is 472. The third-order valence-corrected chi connectivity index (χ3v) is 2.58. The zero-order valence-electron chi connectivity index (χ0n) is 9.95. The monoisotopic (exact) mass is 244 g/mol. The molecule has 5 heteroatoms. The standard InChI is InChI=1S/C13H16N4O/c14-13-16-7-10(8-17-13)6-15-9-12(18)11-4-2-1-3-5-11/h1-5,7-8,12,15,18H,6,9H2,(H2,14,16,17). The number of benzene rings is 1. The van der Waals surface area contributed by atoms with Crippen LogP contribution in [0.25, 0.3) is 0 Å². The molecule has 0 fully saturated rings. The van der Waals surface area contributed by atoms with Crippen LogP contribution in [0.3, 0.4) is 0 Å². The Morgan fingerprint density at radius 1 is 1.17 bits per heavy atom. The fourth-order valence-electron chi connectivity index (χ4n) is 1.60. The summed E-state index contributed by atoms with van der Waals surface area (Å²) in [6, 6.07) is 9.55. The van der Waals surface area contributed by atoms with Crippen LogP contribution < -0.4 is 11.1 Å². The van der Waals surface area contributed by atoms with E-state index in [9.17, 15) is 5.11 Å². The van der Waals surface area contributed by atoms with Gasteiger partial charge in [0.2, 0.25) is 5.95 Å². The van der Waals surface area contributed by atoms with Crippen molar-refractivity contribution < 1.29 is 5.11 Å². The molecule has 0 spiro atoms. The molecule has 2 rings (SSSR count). The second kappa shape index (κ2) is 6.09. The maximum Gasteiger partial charge on any atom is 0.219 e. The van der Waals surface area contributed by atoms with Crippen molar-refractivity contribution in [2.75, 3.05) is 12.3 Å². The van der Waals surface area contributed by atoms with Crippen LogP contribution in [-0.4, -0.2) is 21.6 Å². The summed E-state index contributed by atoms with van der Waals surface area (Å²) in [4.78, 5) is 7.80. The number of nitrogens with one attached hydrogen (secondary N) is 1. The normalized spacial score (nSPS) is 12.3. The lowest BCUT2D eigenvalue weighted by molar-refractivity contribution is 0.174. The number of anilines is 1. The molecular weight excluding hydrogens is 228 g/mol. The molecule has 94 valence electrons. The summed E-state index contributed by atoms with van der Waals surface area (Å²) in [6.07, 6.45) is 2.83. The molecule has 0 bridgehead atoms. The van der Waals surface area contributed by atoms with E-state index >= 15 is 0 Å². The van der Waals surface area contributed by atoms with Crippen LogP contribution in [0.4, 0.5) is 5.95 Å². The van der Waals surface area contributed by atoms with Gasteiger partial charge in [-0.3, -0.25) is 0 Å². The zero-order valence-corrected chi connectivity index (χ0v) is 9.95. The van der Waals surface area contributed by atoms with Crippen LogP contribution in [0, 0.1) is 0 Å². The van der Waals surface area contributed by atoms with Crippen LogP contribution in [0.5, 0.6) is 0 Å². The fourth-order valence-corrected chi connectivity index (χ4v) is 1.60. The third kappa shape index (κ3) is 3.51. The van der Waals surface area contributed by atoms with Gasteiger partial charge in [-0.25, -0.2) is 9.97 Å². The Morgan fingerprint density at radius 2 is 1.83 bits per heavy atom. The number of aliphatic hydroxyl groups excluding tert-OH is 1. The topological polar surface area (TPSA) is 84.1 Å². The van der Waals surface area contributed by atoms with E-state index in [0.29, 0.717) is 13.1 Å². The Kier molecular flexibility index (Phi) is 4.22. The van der Waals surface area contributed by atoms with Crippen LogP contribution >= 0.6 is 0 Å². The molecule has 0 amide bonds. The second-order valence-electron chi connectivity index (χ2n) is 4.01. The summed E-state index contributed by atoms with van der Waals surface area (Å²) in [5.41, 5.74) is 7.23. The van der Waals surface area contributed by atoms with Crippen LogP contribution in [0.15, 0.2) is 42.7 Å². The van der Waals surface area contributed by atoms with Gasteiger partial charge in [0, 0.05) is 31.0 Å². The summed E-state index contributed by atoms with van der Waals surface area (Å²) in [7, 11) is 0. The Morgan fingerprint density at radius 3 is 2.50 bits per heavy atom. The van der Waals surface area contributed by atoms with Crippen molar-refractivity contribution in [3.05, 3.63) is 53.9 Å². The molecule has 4 N–H and O–H groups in total. The summed E-state index contributed by atoms with van der Waals surface area (Å²) in [5, 5.41) is 13.1. The van der Waals surface area contributed by atoms with Crippen molar-refractivity contribution >= 4 is 5.95 Å². The number of nitrogens with two attached hydrogens (primary N) is 1.